The number of hydrogen-bond donors (Lipinski definition) is 1. The lowest BCUT2D eigenvalue weighted by molar-refractivity contribution is -0.118. The molecule has 0 aliphatic heterocycles. The summed E-state index contributed by atoms with van der Waals surface area (Å²) in [5, 5.41) is 7.41. The van der Waals surface area contributed by atoms with Crippen LogP contribution in [-0.2, 0) is 11.3 Å². The number of aromatic nitrogens is 2. The van der Waals surface area contributed by atoms with Crippen molar-refractivity contribution < 1.29 is 9.53 Å². The summed E-state index contributed by atoms with van der Waals surface area (Å²) in [5.74, 6) is 0.343. The van der Waals surface area contributed by atoms with Crippen molar-refractivity contribution in [2.24, 2.45) is 0 Å². The van der Waals surface area contributed by atoms with Crippen LogP contribution in [0.4, 0.5) is 5.69 Å². The summed E-state index contributed by atoms with van der Waals surface area (Å²) in [4.78, 5) is 11.7. The maximum absolute atomic E-state index is 11.7. The van der Waals surface area contributed by atoms with Gasteiger partial charge in [-0.1, -0.05) is 24.6 Å². The Hall–Kier alpha value is -2.01. The fourth-order valence-corrected chi connectivity index (χ4v) is 1.87. The number of rotatable bonds is 6. The van der Waals surface area contributed by atoms with E-state index in [0.717, 1.165) is 13.0 Å². The number of benzene rings is 1. The number of nitrogens with one attached hydrogen (secondary N) is 1. The molecular weight excluding hydrogens is 278 g/mol. The van der Waals surface area contributed by atoms with Gasteiger partial charge in [-0.3, -0.25) is 9.48 Å². The van der Waals surface area contributed by atoms with Gasteiger partial charge in [-0.25, -0.2) is 0 Å². The standard InChI is InChI=1S/C14H16ClN3O2/c1-2-6-18-9-13(8-16-18)20-10-14(19)17-12-5-3-4-11(15)7-12/h3-5,7-9H,2,6,10H2,1H3,(H,17,19). The molecule has 1 N–H and O–H groups in total. The number of carbonyl (C=O) groups excluding carboxylic acids is 1. The summed E-state index contributed by atoms with van der Waals surface area (Å²) >= 11 is 5.84. The molecule has 0 radical (unpaired) electrons. The number of aryl methyl sites for hydroxylation is 1. The molecule has 0 aliphatic carbocycles. The molecule has 1 aromatic heterocycles. The third-order valence-corrected chi connectivity index (χ3v) is 2.78. The molecule has 1 heterocycles. The second-order valence-corrected chi connectivity index (χ2v) is 4.72. The van der Waals surface area contributed by atoms with Crippen LogP contribution < -0.4 is 10.1 Å². The molecule has 1 amide bonds. The van der Waals surface area contributed by atoms with Crippen LogP contribution in [0.3, 0.4) is 0 Å². The number of nitrogens with zero attached hydrogens (tertiary/aromatic N) is 2. The first kappa shape index (κ1) is 14.4. The molecule has 0 unspecified atom stereocenters. The van der Waals surface area contributed by atoms with Gasteiger partial charge in [0.25, 0.3) is 5.91 Å². The monoisotopic (exact) mass is 293 g/mol. The fraction of sp³-hybridized carbons (Fsp3) is 0.286. The normalized spacial score (nSPS) is 10.3. The van der Waals surface area contributed by atoms with Gasteiger partial charge in [0.1, 0.15) is 0 Å². The van der Waals surface area contributed by atoms with Crippen LogP contribution in [0.2, 0.25) is 5.02 Å². The molecule has 20 heavy (non-hydrogen) atoms. The van der Waals surface area contributed by atoms with Crippen molar-refractivity contribution in [3.8, 4) is 5.75 Å². The molecule has 1 aromatic carbocycles. The summed E-state index contributed by atoms with van der Waals surface area (Å²) in [5.41, 5.74) is 0.646. The lowest BCUT2D eigenvalue weighted by atomic mass is 10.3. The van der Waals surface area contributed by atoms with Crippen LogP contribution in [0.25, 0.3) is 0 Å². The van der Waals surface area contributed by atoms with Gasteiger partial charge in [-0.2, -0.15) is 5.10 Å². The largest absolute Gasteiger partial charge is 0.480 e. The lowest BCUT2D eigenvalue weighted by Gasteiger charge is -2.06. The van der Waals surface area contributed by atoms with Gasteiger partial charge in [-0.05, 0) is 24.6 Å². The van der Waals surface area contributed by atoms with E-state index in [1.165, 1.54) is 0 Å². The Morgan fingerprint density at radius 1 is 1.50 bits per heavy atom. The van der Waals surface area contributed by atoms with Crippen LogP contribution in [0.5, 0.6) is 5.75 Å². The predicted molar refractivity (Wildman–Crippen MR) is 78.1 cm³/mol. The zero-order chi connectivity index (χ0) is 14.4. The van der Waals surface area contributed by atoms with Gasteiger partial charge >= 0.3 is 0 Å². The first-order valence-corrected chi connectivity index (χ1v) is 6.76. The highest BCUT2D eigenvalue weighted by Gasteiger charge is 2.05. The van der Waals surface area contributed by atoms with Gasteiger partial charge in [0.15, 0.2) is 12.4 Å². The Bertz CT molecular complexity index is 583. The van der Waals surface area contributed by atoms with Crippen LogP contribution in [0, 0.1) is 0 Å². The predicted octanol–water partition coefficient (Wildman–Crippen LogP) is 2.96. The third kappa shape index (κ3) is 4.28. The number of hydrogen-bond acceptors (Lipinski definition) is 3. The van der Waals surface area contributed by atoms with Crippen molar-refractivity contribution >= 4 is 23.2 Å². The summed E-state index contributed by atoms with van der Waals surface area (Å²) < 4.78 is 7.15. The molecule has 6 heteroatoms. The zero-order valence-electron chi connectivity index (χ0n) is 11.2. The second kappa shape index (κ2) is 6.96. The summed E-state index contributed by atoms with van der Waals surface area (Å²) in [6, 6.07) is 6.96. The quantitative estimate of drug-likeness (QED) is 0.891. The number of halogens is 1. The van der Waals surface area contributed by atoms with E-state index in [0.29, 0.717) is 16.5 Å². The van der Waals surface area contributed by atoms with Crippen molar-refractivity contribution in [1.29, 1.82) is 0 Å². The Balaban J connectivity index is 1.82. The Morgan fingerprint density at radius 2 is 2.35 bits per heavy atom. The van der Waals surface area contributed by atoms with Gasteiger partial charge in [0.05, 0.1) is 12.4 Å². The first-order chi connectivity index (χ1) is 9.67. The van der Waals surface area contributed by atoms with Gasteiger partial charge < -0.3 is 10.1 Å². The van der Waals surface area contributed by atoms with Gasteiger partial charge in [-0.15, -0.1) is 0 Å². The van der Waals surface area contributed by atoms with E-state index in [2.05, 4.69) is 17.3 Å². The molecule has 0 bridgehead atoms. The number of ether oxygens (including phenoxy) is 1. The Labute approximate surface area is 122 Å². The third-order valence-electron chi connectivity index (χ3n) is 2.54. The minimum absolute atomic E-state index is 0.0651. The SMILES string of the molecule is CCCn1cc(OCC(=O)Nc2cccc(Cl)c2)cn1. The first-order valence-electron chi connectivity index (χ1n) is 6.38. The molecule has 0 saturated carbocycles. The molecule has 0 spiro atoms. The highest BCUT2D eigenvalue weighted by atomic mass is 35.5. The molecule has 2 rings (SSSR count). The van der Waals surface area contributed by atoms with E-state index < -0.39 is 0 Å². The van der Waals surface area contributed by atoms with Crippen molar-refractivity contribution in [2.45, 2.75) is 19.9 Å². The van der Waals surface area contributed by atoms with E-state index in [-0.39, 0.29) is 12.5 Å². The zero-order valence-corrected chi connectivity index (χ0v) is 11.9. The molecular formula is C14H16ClN3O2. The fourth-order valence-electron chi connectivity index (χ4n) is 1.68. The maximum Gasteiger partial charge on any atom is 0.262 e. The highest BCUT2D eigenvalue weighted by Crippen LogP contribution is 2.15. The summed E-state index contributed by atoms with van der Waals surface area (Å²) in [6.07, 6.45) is 4.37. The lowest BCUT2D eigenvalue weighted by Crippen LogP contribution is -2.19. The molecule has 2 aromatic rings. The van der Waals surface area contributed by atoms with E-state index in [9.17, 15) is 4.79 Å². The van der Waals surface area contributed by atoms with Crippen LogP contribution in [-0.4, -0.2) is 22.3 Å². The van der Waals surface area contributed by atoms with E-state index in [1.54, 1.807) is 41.3 Å². The van der Waals surface area contributed by atoms with Crippen molar-refractivity contribution in [1.82, 2.24) is 9.78 Å². The maximum atomic E-state index is 11.7. The molecule has 0 aliphatic rings. The number of anilines is 1. The van der Waals surface area contributed by atoms with Crippen LogP contribution >= 0.6 is 11.6 Å². The highest BCUT2D eigenvalue weighted by molar-refractivity contribution is 6.30. The molecule has 5 nitrogen and oxygen atoms in total. The average Bonchev–Trinajstić information content (AvgIpc) is 2.85. The van der Waals surface area contributed by atoms with Crippen LogP contribution in [0.1, 0.15) is 13.3 Å². The van der Waals surface area contributed by atoms with E-state index in [4.69, 9.17) is 16.3 Å². The summed E-state index contributed by atoms with van der Waals surface area (Å²) in [6.45, 7) is 2.84. The van der Waals surface area contributed by atoms with E-state index in [1.807, 2.05) is 0 Å². The number of carbonyl (C=O) groups is 1. The van der Waals surface area contributed by atoms with Crippen molar-refractivity contribution in [3.05, 3.63) is 41.7 Å². The minimum Gasteiger partial charge on any atom is -0.480 e. The van der Waals surface area contributed by atoms with Crippen molar-refractivity contribution in [3.63, 3.8) is 0 Å². The van der Waals surface area contributed by atoms with Crippen LogP contribution in [0.15, 0.2) is 36.7 Å². The molecule has 0 atom stereocenters. The molecule has 0 saturated heterocycles. The van der Waals surface area contributed by atoms with E-state index >= 15 is 0 Å². The van der Waals surface area contributed by atoms with Crippen molar-refractivity contribution in [2.75, 3.05) is 11.9 Å². The number of amides is 1. The average molecular weight is 294 g/mol. The smallest absolute Gasteiger partial charge is 0.262 e. The molecule has 0 fully saturated rings. The molecule has 106 valence electrons. The minimum atomic E-state index is -0.240. The Kier molecular flexibility index (Phi) is 5.01. The second-order valence-electron chi connectivity index (χ2n) is 4.29. The van der Waals surface area contributed by atoms with Gasteiger partial charge in [0, 0.05) is 17.3 Å². The van der Waals surface area contributed by atoms with Gasteiger partial charge in [0.2, 0.25) is 0 Å². The summed E-state index contributed by atoms with van der Waals surface area (Å²) in [7, 11) is 0. The topological polar surface area (TPSA) is 56.1 Å². The Morgan fingerprint density at radius 3 is 3.10 bits per heavy atom.